The third-order valence-electron chi connectivity index (χ3n) is 9.40. The summed E-state index contributed by atoms with van der Waals surface area (Å²) in [5.74, 6) is 7.69. The van der Waals surface area contributed by atoms with Gasteiger partial charge in [0.2, 0.25) is 0 Å². The first-order valence-electron chi connectivity index (χ1n) is 15.1. The van der Waals surface area contributed by atoms with Gasteiger partial charge in [0.1, 0.15) is 16.1 Å². The van der Waals surface area contributed by atoms with E-state index in [4.69, 9.17) is 0 Å². The SMILES string of the molecule is CC(C)[Si](C#Cc1cc(C(C)(C)C)c(C#C[Si](C(C)C)(C(C)C)C(C)C)c2ccccc12)(C(C)C)C(C)C. The molecule has 0 bridgehead atoms. The van der Waals surface area contributed by atoms with Gasteiger partial charge in [0.25, 0.3) is 0 Å². The van der Waals surface area contributed by atoms with E-state index in [0.29, 0.717) is 33.2 Å². The van der Waals surface area contributed by atoms with Gasteiger partial charge in [0.15, 0.2) is 0 Å². The fourth-order valence-corrected chi connectivity index (χ4v) is 17.8. The third-order valence-corrected chi connectivity index (χ3v) is 22.0. The van der Waals surface area contributed by atoms with Crippen molar-refractivity contribution < 1.29 is 0 Å². The van der Waals surface area contributed by atoms with E-state index < -0.39 is 16.1 Å². The van der Waals surface area contributed by atoms with E-state index in [1.807, 2.05) is 0 Å². The molecular weight excluding hydrogens is 489 g/mol. The average molecular weight is 545 g/mol. The maximum absolute atomic E-state index is 4.03. The molecule has 0 atom stereocenters. The molecule has 2 rings (SSSR count). The quantitative estimate of drug-likeness (QED) is 0.250. The fraction of sp³-hybridized carbons (Fsp3) is 0.611. The molecule has 2 heteroatoms. The lowest BCUT2D eigenvalue weighted by Crippen LogP contribution is -2.43. The summed E-state index contributed by atoms with van der Waals surface area (Å²) in [7, 11) is -3.69. The van der Waals surface area contributed by atoms with Crippen LogP contribution < -0.4 is 0 Å². The summed E-state index contributed by atoms with van der Waals surface area (Å²) in [5.41, 5.74) is 15.4. The predicted octanol–water partition coefficient (Wildman–Crippen LogP) is 11.3. The van der Waals surface area contributed by atoms with Crippen LogP contribution in [0.1, 0.15) is 121 Å². The maximum Gasteiger partial charge on any atom is 0.146 e. The largest absolute Gasteiger partial charge is 0.146 e. The molecule has 2 aromatic rings. The third kappa shape index (κ3) is 6.03. The van der Waals surface area contributed by atoms with Crippen LogP contribution in [0.5, 0.6) is 0 Å². The van der Waals surface area contributed by atoms with Crippen LogP contribution >= 0.6 is 0 Å². The number of hydrogen-bond donors (Lipinski definition) is 0. The van der Waals surface area contributed by atoms with Crippen molar-refractivity contribution in [3.05, 3.63) is 47.0 Å². The van der Waals surface area contributed by atoms with Gasteiger partial charge in [-0.2, -0.15) is 0 Å². The Morgan fingerprint density at radius 1 is 0.553 bits per heavy atom. The second kappa shape index (κ2) is 12.2. The Bertz CT molecular complexity index is 1180. The summed E-state index contributed by atoms with van der Waals surface area (Å²) in [6.07, 6.45) is 0. The second-order valence-corrected chi connectivity index (χ2v) is 25.6. The zero-order valence-corrected chi connectivity index (χ0v) is 29.4. The van der Waals surface area contributed by atoms with Crippen LogP contribution in [0.4, 0.5) is 0 Å². The van der Waals surface area contributed by atoms with Crippen LogP contribution in [0.25, 0.3) is 10.8 Å². The van der Waals surface area contributed by atoms with Gasteiger partial charge in [0.05, 0.1) is 0 Å². The molecular formula is C36H56Si2. The molecule has 0 radical (unpaired) electrons. The highest BCUT2D eigenvalue weighted by Crippen LogP contribution is 2.43. The first-order valence-corrected chi connectivity index (χ1v) is 19.5. The Balaban J connectivity index is 3.01. The molecule has 0 unspecified atom stereocenters. The van der Waals surface area contributed by atoms with Crippen LogP contribution in [-0.2, 0) is 5.41 Å². The minimum Gasteiger partial charge on any atom is -0.125 e. The Morgan fingerprint density at radius 2 is 0.921 bits per heavy atom. The average Bonchev–Trinajstić information content (AvgIpc) is 2.78. The molecule has 0 aliphatic rings. The summed E-state index contributed by atoms with van der Waals surface area (Å²) < 4.78 is 0. The van der Waals surface area contributed by atoms with Crippen molar-refractivity contribution in [3.8, 4) is 22.9 Å². The molecule has 0 fully saturated rings. The zero-order valence-electron chi connectivity index (χ0n) is 27.4. The molecule has 0 nitrogen and oxygen atoms in total. The topological polar surface area (TPSA) is 0 Å². The number of rotatable bonds is 6. The summed E-state index contributed by atoms with van der Waals surface area (Å²) >= 11 is 0. The van der Waals surface area contributed by atoms with Crippen molar-refractivity contribution in [1.82, 2.24) is 0 Å². The first-order chi connectivity index (χ1) is 17.4. The molecule has 0 aliphatic heterocycles. The number of fused-ring (bicyclic) bond motifs is 1. The van der Waals surface area contributed by atoms with Crippen molar-refractivity contribution in [2.75, 3.05) is 0 Å². The second-order valence-electron chi connectivity index (χ2n) is 14.4. The van der Waals surface area contributed by atoms with Crippen LogP contribution in [0.3, 0.4) is 0 Å². The maximum atomic E-state index is 4.03. The first kappa shape index (κ1) is 32.5. The summed E-state index contributed by atoms with van der Waals surface area (Å²) in [5, 5.41) is 2.52. The molecule has 0 aliphatic carbocycles. The van der Waals surface area contributed by atoms with Gasteiger partial charge in [-0.1, -0.05) is 140 Å². The molecule has 0 saturated carbocycles. The van der Waals surface area contributed by atoms with Crippen molar-refractivity contribution in [1.29, 1.82) is 0 Å². The van der Waals surface area contributed by atoms with E-state index in [1.54, 1.807) is 0 Å². The highest BCUT2D eigenvalue weighted by atomic mass is 28.3. The zero-order chi connectivity index (χ0) is 29.2. The van der Waals surface area contributed by atoms with E-state index in [1.165, 1.54) is 27.5 Å². The fourth-order valence-electron chi connectivity index (χ4n) is 7.42. The van der Waals surface area contributed by atoms with E-state index >= 15 is 0 Å². The van der Waals surface area contributed by atoms with Gasteiger partial charge in [-0.25, -0.2) is 0 Å². The Kier molecular flexibility index (Phi) is 10.4. The Hall–Kier alpha value is -1.75. The minimum absolute atomic E-state index is 0.0230. The molecule has 38 heavy (non-hydrogen) atoms. The van der Waals surface area contributed by atoms with E-state index in [-0.39, 0.29) is 5.41 Å². The van der Waals surface area contributed by atoms with E-state index in [2.05, 4.69) is 157 Å². The van der Waals surface area contributed by atoms with Crippen LogP contribution in [0, 0.1) is 22.9 Å². The normalized spacial score (nSPS) is 13.1. The lowest BCUT2D eigenvalue weighted by molar-refractivity contribution is 0.589. The van der Waals surface area contributed by atoms with Gasteiger partial charge in [-0.05, 0) is 61.1 Å². The Morgan fingerprint density at radius 3 is 1.29 bits per heavy atom. The van der Waals surface area contributed by atoms with Crippen molar-refractivity contribution in [2.24, 2.45) is 0 Å². The molecule has 208 valence electrons. The minimum atomic E-state index is -1.85. The van der Waals surface area contributed by atoms with Crippen molar-refractivity contribution >= 4 is 26.9 Å². The van der Waals surface area contributed by atoms with Crippen LogP contribution in [0.2, 0.25) is 33.2 Å². The highest BCUT2D eigenvalue weighted by Gasteiger charge is 2.42. The highest BCUT2D eigenvalue weighted by molar-refractivity contribution is 6.91. The van der Waals surface area contributed by atoms with Crippen molar-refractivity contribution in [2.45, 2.75) is 143 Å². The van der Waals surface area contributed by atoms with Crippen LogP contribution in [-0.4, -0.2) is 16.1 Å². The van der Waals surface area contributed by atoms with Crippen LogP contribution in [0.15, 0.2) is 30.3 Å². The monoisotopic (exact) mass is 544 g/mol. The summed E-state index contributed by atoms with van der Waals surface area (Å²) in [4.78, 5) is 0. The van der Waals surface area contributed by atoms with Gasteiger partial charge >= 0.3 is 0 Å². The number of hydrogen-bond acceptors (Lipinski definition) is 0. The van der Waals surface area contributed by atoms with Gasteiger partial charge < -0.3 is 0 Å². The molecule has 2 aromatic carbocycles. The van der Waals surface area contributed by atoms with E-state index in [0.717, 1.165) is 0 Å². The van der Waals surface area contributed by atoms with E-state index in [9.17, 15) is 0 Å². The predicted molar refractivity (Wildman–Crippen MR) is 178 cm³/mol. The molecule has 0 N–H and O–H groups in total. The lowest BCUT2D eigenvalue weighted by atomic mass is 9.80. The lowest BCUT2D eigenvalue weighted by Gasteiger charge is -2.38. The smallest absolute Gasteiger partial charge is 0.125 e. The molecule has 0 aromatic heterocycles. The summed E-state index contributed by atoms with van der Waals surface area (Å²) in [6, 6.07) is 11.3. The molecule has 0 amide bonds. The molecule has 0 saturated heterocycles. The molecule has 0 spiro atoms. The summed E-state index contributed by atoms with van der Waals surface area (Å²) in [6.45, 7) is 35.7. The van der Waals surface area contributed by atoms with Gasteiger partial charge in [-0.15, -0.1) is 11.1 Å². The standard InChI is InChI=1S/C36H56Si2/c1-25(2)37(26(3)4,27(5)6)22-20-31-24-35(36(13,14)15)34(33-19-17-16-18-32(31)33)21-23-38(28(7)8,29(9)10)30(11)12/h16-19,24-30H,1-15H3. The van der Waals surface area contributed by atoms with Gasteiger partial charge in [0, 0.05) is 11.1 Å². The van der Waals surface area contributed by atoms with Crippen molar-refractivity contribution in [3.63, 3.8) is 0 Å². The van der Waals surface area contributed by atoms with Gasteiger partial charge in [-0.3, -0.25) is 0 Å². The Labute approximate surface area is 238 Å². The molecule has 0 heterocycles. The number of benzene rings is 2.